The Labute approximate surface area is 106 Å². The minimum Gasteiger partial charge on any atom is -0.380 e. The van der Waals surface area contributed by atoms with Crippen LogP contribution in [0.2, 0.25) is 0 Å². The summed E-state index contributed by atoms with van der Waals surface area (Å²) in [5, 5.41) is 11.3. The van der Waals surface area contributed by atoms with Crippen LogP contribution in [-0.4, -0.2) is 38.8 Å². The highest BCUT2D eigenvalue weighted by atomic mass is 16.5. The van der Waals surface area contributed by atoms with E-state index in [0.717, 1.165) is 11.5 Å². The van der Waals surface area contributed by atoms with Gasteiger partial charge in [0.1, 0.15) is 6.33 Å². The fourth-order valence-electron chi connectivity index (χ4n) is 1.68. The van der Waals surface area contributed by atoms with E-state index < -0.39 is 0 Å². The van der Waals surface area contributed by atoms with Crippen LogP contribution in [0.15, 0.2) is 18.7 Å². The monoisotopic (exact) mass is 249 g/mol. The maximum Gasteiger partial charge on any atom is 0.203 e. The van der Waals surface area contributed by atoms with Crippen molar-refractivity contribution in [2.45, 2.75) is 26.8 Å². The molecule has 6 nitrogen and oxygen atoms in total. The normalized spacial score (nSPS) is 13.1. The van der Waals surface area contributed by atoms with Crippen LogP contribution in [0, 0.1) is 5.92 Å². The number of aromatic nitrogens is 4. The van der Waals surface area contributed by atoms with Crippen molar-refractivity contribution < 1.29 is 4.74 Å². The Hall–Kier alpha value is -1.69. The Balaban J connectivity index is 2.17. The number of nitrogens with one attached hydrogen (secondary N) is 1. The molecule has 1 atom stereocenters. The first kappa shape index (κ1) is 12.8. The van der Waals surface area contributed by atoms with Gasteiger partial charge in [-0.2, -0.15) is 0 Å². The molecule has 0 aliphatic rings. The molecule has 2 aromatic heterocycles. The molecule has 0 aliphatic heterocycles. The molecule has 1 N–H and O–H groups in total. The van der Waals surface area contributed by atoms with Crippen LogP contribution in [0.5, 0.6) is 0 Å². The summed E-state index contributed by atoms with van der Waals surface area (Å²) < 4.78 is 7.33. The zero-order valence-corrected chi connectivity index (χ0v) is 11.0. The molecule has 0 amide bonds. The molecule has 18 heavy (non-hydrogen) atoms. The van der Waals surface area contributed by atoms with E-state index in [4.69, 9.17) is 4.74 Å². The molecule has 0 aromatic carbocycles. The van der Waals surface area contributed by atoms with Crippen LogP contribution in [0.1, 0.15) is 20.8 Å². The Morgan fingerprint density at radius 3 is 3.00 bits per heavy atom. The predicted octanol–water partition coefficient (Wildman–Crippen LogP) is 1.60. The second kappa shape index (κ2) is 5.77. The first-order valence-corrected chi connectivity index (χ1v) is 6.21. The fourth-order valence-corrected chi connectivity index (χ4v) is 1.68. The maximum absolute atomic E-state index is 5.49. The van der Waals surface area contributed by atoms with Gasteiger partial charge in [-0.25, -0.2) is 4.98 Å². The van der Waals surface area contributed by atoms with E-state index in [1.165, 1.54) is 0 Å². The minimum atomic E-state index is 0.209. The molecule has 2 aromatic rings. The molecule has 0 radical (unpaired) electrons. The van der Waals surface area contributed by atoms with Crippen molar-refractivity contribution in [3.63, 3.8) is 0 Å². The van der Waals surface area contributed by atoms with E-state index in [1.807, 2.05) is 17.5 Å². The summed E-state index contributed by atoms with van der Waals surface area (Å²) in [5.41, 5.74) is 0.736. The second-order valence-electron chi connectivity index (χ2n) is 4.49. The molecule has 2 heterocycles. The van der Waals surface area contributed by atoms with Crippen LogP contribution in [0.4, 0.5) is 5.82 Å². The number of fused-ring (bicyclic) bond motifs is 1. The molecule has 0 spiro atoms. The summed E-state index contributed by atoms with van der Waals surface area (Å²) in [4.78, 5) is 4.32. The van der Waals surface area contributed by atoms with E-state index in [1.54, 1.807) is 12.5 Å². The maximum atomic E-state index is 5.49. The Bertz CT molecular complexity index is 496. The molecule has 0 fully saturated rings. The number of ether oxygens (including phenoxy) is 1. The smallest absolute Gasteiger partial charge is 0.203 e. The van der Waals surface area contributed by atoms with Gasteiger partial charge in [0.2, 0.25) is 5.65 Å². The van der Waals surface area contributed by atoms with E-state index >= 15 is 0 Å². The zero-order chi connectivity index (χ0) is 13.0. The molecular formula is C12H19N5O. The third-order valence-corrected chi connectivity index (χ3v) is 2.84. The number of hydrogen-bond donors (Lipinski definition) is 1. The highest BCUT2D eigenvalue weighted by Gasteiger charge is 2.16. The standard InChI is InChI=1S/C12H19N5O/c1-4-18-7-10(9(2)3)15-11-12-16-14-8-17(12)6-5-13-11/h5-6,8-10H,4,7H2,1-3H3,(H,13,15). The van der Waals surface area contributed by atoms with Crippen molar-refractivity contribution in [3.05, 3.63) is 18.7 Å². The van der Waals surface area contributed by atoms with Crippen LogP contribution in [0.3, 0.4) is 0 Å². The minimum absolute atomic E-state index is 0.209. The van der Waals surface area contributed by atoms with Crippen molar-refractivity contribution in [2.75, 3.05) is 18.5 Å². The first-order valence-electron chi connectivity index (χ1n) is 6.21. The van der Waals surface area contributed by atoms with Gasteiger partial charge in [-0.3, -0.25) is 4.40 Å². The van der Waals surface area contributed by atoms with E-state index in [2.05, 4.69) is 34.3 Å². The Morgan fingerprint density at radius 2 is 2.28 bits per heavy atom. The molecule has 0 bridgehead atoms. The van der Waals surface area contributed by atoms with Crippen molar-refractivity contribution >= 4 is 11.5 Å². The van der Waals surface area contributed by atoms with Gasteiger partial charge in [-0.15, -0.1) is 10.2 Å². The third-order valence-electron chi connectivity index (χ3n) is 2.84. The quantitative estimate of drug-likeness (QED) is 0.842. The van der Waals surface area contributed by atoms with Gasteiger partial charge in [-0.1, -0.05) is 13.8 Å². The molecule has 0 saturated carbocycles. The summed E-state index contributed by atoms with van der Waals surface area (Å²) in [6, 6.07) is 0.209. The Morgan fingerprint density at radius 1 is 1.44 bits per heavy atom. The lowest BCUT2D eigenvalue weighted by molar-refractivity contribution is 0.126. The lowest BCUT2D eigenvalue weighted by Crippen LogP contribution is -2.31. The van der Waals surface area contributed by atoms with Gasteiger partial charge in [0.05, 0.1) is 12.6 Å². The van der Waals surface area contributed by atoms with Crippen LogP contribution in [-0.2, 0) is 4.74 Å². The van der Waals surface area contributed by atoms with Crippen LogP contribution in [0.25, 0.3) is 5.65 Å². The predicted molar refractivity (Wildman–Crippen MR) is 69.5 cm³/mol. The third kappa shape index (κ3) is 2.76. The highest BCUT2D eigenvalue weighted by Crippen LogP contribution is 2.14. The van der Waals surface area contributed by atoms with Crippen molar-refractivity contribution in [1.29, 1.82) is 0 Å². The Kier molecular flexibility index (Phi) is 4.09. The number of rotatable bonds is 6. The molecule has 0 saturated heterocycles. The van der Waals surface area contributed by atoms with Gasteiger partial charge < -0.3 is 10.1 Å². The molecular weight excluding hydrogens is 230 g/mol. The SMILES string of the molecule is CCOCC(Nc1nccn2cnnc12)C(C)C. The summed E-state index contributed by atoms with van der Waals surface area (Å²) in [7, 11) is 0. The van der Waals surface area contributed by atoms with Crippen molar-refractivity contribution in [1.82, 2.24) is 19.6 Å². The summed E-state index contributed by atoms with van der Waals surface area (Å²) in [6.07, 6.45) is 5.22. The largest absolute Gasteiger partial charge is 0.380 e. The molecule has 0 aliphatic carbocycles. The summed E-state index contributed by atoms with van der Waals surface area (Å²) >= 11 is 0. The van der Waals surface area contributed by atoms with Gasteiger partial charge >= 0.3 is 0 Å². The molecule has 2 rings (SSSR count). The number of anilines is 1. The molecule has 98 valence electrons. The van der Waals surface area contributed by atoms with E-state index in [9.17, 15) is 0 Å². The molecule has 6 heteroatoms. The average molecular weight is 249 g/mol. The average Bonchev–Trinajstić information content (AvgIpc) is 2.83. The summed E-state index contributed by atoms with van der Waals surface area (Å²) in [5.74, 6) is 1.19. The lowest BCUT2D eigenvalue weighted by Gasteiger charge is -2.22. The first-order chi connectivity index (χ1) is 8.72. The number of nitrogens with zero attached hydrogens (tertiary/aromatic N) is 4. The van der Waals surface area contributed by atoms with E-state index in [-0.39, 0.29) is 6.04 Å². The van der Waals surface area contributed by atoms with Crippen molar-refractivity contribution in [3.8, 4) is 0 Å². The van der Waals surface area contributed by atoms with Gasteiger partial charge in [0.15, 0.2) is 5.82 Å². The summed E-state index contributed by atoms with van der Waals surface area (Å²) in [6.45, 7) is 7.68. The van der Waals surface area contributed by atoms with Crippen LogP contribution >= 0.6 is 0 Å². The number of hydrogen-bond acceptors (Lipinski definition) is 5. The van der Waals surface area contributed by atoms with Gasteiger partial charge in [0.25, 0.3) is 0 Å². The van der Waals surface area contributed by atoms with Crippen molar-refractivity contribution in [2.24, 2.45) is 5.92 Å². The van der Waals surface area contributed by atoms with E-state index in [0.29, 0.717) is 19.1 Å². The van der Waals surface area contributed by atoms with Crippen LogP contribution < -0.4 is 5.32 Å². The fraction of sp³-hybridized carbons (Fsp3) is 0.583. The van der Waals surface area contributed by atoms with Gasteiger partial charge in [0, 0.05) is 19.0 Å². The second-order valence-corrected chi connectivity index (χ2v) is 4.49. The topological polar surface area (TPSA) is 64.3 Å². The lowest BCUT2D eigenvalue weighted by atomic mass is 10.1. The zero-order valence-electron chi connectivity index (χ0n) is 11.0. The highest BCUT2D eigenvalue weighted by molar-refractivity contribution is 5.61. The molecule has 1 unspecified atom stereocenters. The van der Waals surface area contributed by atoms with Gasteiger partial charge in [-0.05, 0) is 12.8 Å².